The topological polar surface area (TPSA) is 83.2 Å². The van der Waals surface area contributed by atoms with Crippen LogP contribution in [-0.4, -0.2) is 51.1 Å². The summed E-state index contributed by atoms with van der Waals surface area (Å²) in [6.07, 6.45) is 8.56. The summed E-state index contributed by atoms with van der Waals surface area (Å²) >= 11 is 0. The van der Waals surface area contributed by atoms with Gasteiger partial charge in [0.15, 0.2) is 0 Å². The molecule has 8 nitrogen and oxygen atoms in total. The molecule has 0 bridgehead atoms. The average Bonchev–Trinajstić information content (AvgIpc) is 3.19. The number of carbonyl (C=O) groups is 1. The van der Waals surface area contributed by atoms with Gasteiger partial charge in [-0.1, -0.05) is 0 Å². The third-order valence-electron chi connectivity index (χ3n) is 7.06. The third kappa shape index (κ3) is 3.56. The SMILES string of the molecule is CC(Oc1cc(-c2ccnn2C2CCOCC2)cc2ncn(C3CC3)c12)[C@H]1CNC(=O)C1. The molecule has 0 radical (unpaired) electrons. The Bertz CT molecular complexity index is 1140. The maximum atomic E-state index is 11.7. The van der Waals surface area contributed by atoms with E-state index < -0.39 is 0 Å². The van der Waals surface area contributed by atoms with Gasteiger partial charge in [0.2, 0.25) is 5.91 Å². The van der Waals surface area contributed by atoms with Gasteiger partial charge in [-0.25, -0.2) is 4.98 Å². The second kappa shape index (κ2) is 7.92. The second-order valence-electron chi connectivity index (χ2n) is 9.32. The summed E-state index contributed by atoms with van der Waals surface area (Å²) < 4.78 is 16.5. The highest BCUT2D eigenvalue weighted by Gasteiger charge is 2.31. The van der Waals surface area contributed by atoms with Gasteiger partial charge in [-0.05, 0) is 50.8 Å². The van der Waals surface area contributed by atoms with Crippen molar-refractivity contribution in [3.8, 4) is 17.0 Å². The zero-order valence-electron chi connectivity index (χ0n) is 18.4. The van der Waals surface area contributed by atoms with Crippen LogP contribution in [0.1, 0.15) is 51.1 Å². The Balaban J connectivity index is 1.40. The summed E-state index contributed by atoms with van der Waals surface area (Å²) in [5, 5.41) is 7.58. The van der Waals surface area contributed by atoms with E-state index in [2.05, 4.69) is 44.8 Å². The Morgan fingerprint density at radius 2 is 2.03 bits per heavy atom. The van der Waals surface area contributed by atoms with E-state index >= 15 is 0 Å². The first-order valence-electron chi connectivity index (χ1n) is 11.7. The number of carbonyl (C=O) groups excluding carboxylic acids is 1. The van der Waals surface area contributed by atoms with E-state index in [0.717, 1.165) is 54.1 Å². The van der Waals surface area contributed by atoms with Crippen LogP contribution in [0.3, 0.4) is 0 Å². The monoisotopic (exact) mass is 435 g/mol. The number of rotatable bonds is 6. The minimum absolute atomic E-state index is 0.0737. The highest BCUT2D eigenvalue weighted by Crippen LogP contribution is 2.42. The van der Waals surface area contributed by atoms with Gasteiger partial charge in [-0.2, -0.15) is 5.10 Å². The molecular weight excluding hydrogens is 406 g/mol. The average molecular weight is 436 g/mol. The standard InChI is InChI=1S/C24H29N5O3/c1-15(17-12-23(30)25-13-17)32-22-11-16(10-20-24(22)28(14-26-20)18-2-3-18)21-4-7-27-29(21)19-5-8-31-9-6-19/h4,7,10-11,14-15,17-19H,2-3,5-6,8-9,12-13H2,1H3,(H,25,30)/t15?,17-/m1/s1. The number of hydrogen-bond acceptors (Lipinski definition) is 5. The Labute approximate surface area is 186 Å². The molecule has 2 aromatic heterocycles. The van der Waals surface area contributed by atoms with Crippen molar-refractivity contribution in [1.82, 2.24) is 24.6 Å². The molecule has 8 heteroatoms. The number of nitrogens with zero attached hydrogens (tertiary/aromatic N) is 4. The maximum Gasteiger partial charge on any atom is 0.220 e. The van der Waals surface area contributed by atoms with Crippen LogP contribution in [-0.2, 0) is 9.53 Å². The molecule has 6 rings (SSSR count). The first-order chi connectivity index (χ1) is 15.7. The van der Waals surface area contributed by atoms with E-state index in [1.54, 1.807) is 0 Å². The molecule has 32 heavy (non-hydrogen) atoms. The quantitative estimate of drug-likeness (QED) is 0.641. The molecule has 1 aliphatic carbocycles. The van der Waals surface area contributed by atoms with Crippen molar-refractivity contribution < 1.29 is 14.3 Å². The summed E-state index contributed by atoms with van der Waals surface area (Å²) in [5.41, 5.74) is 4.13. The van der Waals surface area contributed by atoms with Crippen LogP contribution in [0.2, 0.25) is 0 Å². The number of aromatic nitrogens is 4. The summed E-state index contributed by atoms with van der Waals surface area (Å²) in [6, 6.07) is 7.20. The van der Waals surface area contributed by atoms with Gasteiger partial charge in [0, 0.05) is 49.9 Å². The molecule has 2 saturated heterocycles. The minimum atomic E-state index is -0.0737. The van der Waals surface area contributed by atoms with Crippen LogP contribution < -0.4 is 10.1 Å². The normalized spacial score (nSPS) is 22.9. The van der Waals surface area contributed by atoms with E-state index in [4.69, 9.17) is 14.5 Å². The largest absolute Gasteiger partial charge is 0.488 e. The zero-order chi connectivity index (χ0) is 21.7. The van der Waals surface area contributed by atoms with Crippen molar-refractivity contribution in [3.05, 3.63) is 30.7 Å². The van der Waals surface area contributed by atoms with Crippen LogP contribution in [0.5, 0.6) is 5.75 Å². The first-order valence-corrected chi connectivity index (χ1v) is 11.7. The Morgan fingerprint density at radius 3 is 2.78 bits per heavy atom. The van der Waals surface area contributed by atoms with Crippen LogP contribution in [0.25, 0.3) is 22.3 Å². The van der Waals surface area contributed by atoms with E-state index in [1.165, 1.54) is 12.8 Å². The van der Waals surface area contributed by atoms with Crippen LogP contribution in [0.4, 0.5) is 0 Å². The predicted molar refractivity (Wildman–Crippen MR) is 120 cm³/mol. The van der Waals surface area contributed by atoms with E-state index in [0.29, 0.717) is 25.0 Å². The number of fused-ring (bicyclic) bond motifs is 1. The van der Waals surface area contributed by atoms with Gasteiger partial charge in [-0.3, -0.25) is 9.48 Å². The second-order valence-corrected chi connectivity index (χ2v) is 9.32. The molecule has 3 aliphatic rings. The Morgan fingerprint density at radius 1 is 1.19 bits per heavy atom. The fraction of sp³-hybridized carbons (Fsp3) is 0.542. The lowest BCUT2D eigenvalue weighted by Crippen LogP contribution is -2.26. The number of imidazole rings is 1. The lowest BCUT2D eigenvalue weighted by molar-refractivity contribution is -0.119. The number of nitrogens with one attached hydrogen (secondary N) is 1. The molecule has 3 aromatic rings. The fourth-order valence-corrected chi connectivity index (χ4v) is 5.02. The van der Waals surface area contributed by atoms with Gasteiger partial charge in [-0.15, -0.1) is 0 Å². The van der Waals surface area contributed by atoms with Crippen LogP contribution in [0, 0.1) is 5.92 Å². The Hall–Kier alpha value is -2.87. The van der Waals surface area contributed by atoms with Crippen molar-refractivity contribution in [3.63, 3.8) is 0 Å². The van der Waals surface area contributed by atoms with E-state index in [9.17, 15) is 4.79 Å². The highest BCUT2D eigenvalue weighted by molar-refractivity contribution is 5.88. The molecule has 1 N–H and O–H groups in total. The minimum Gasteiger partial charge on any atom is -0.488 e. The molecule has 168 valence electrons. The molecular formula is C24H29N5O3. The van der Waals surface area contributed by atoms with Gasteiger partial charge in [0.25, 0.3) is 0 Å². The third-order valence-corrected chi connectivity index (χ3v) is 7.06. The summed E-state index contributed by atoms with van der Waals surface area (Å²) in [7, 11) is 0. The van der Waals surface area contributed by atoms with Gasteiger partial charge < -0.3 is 19.4 Å². The molecule has 1 aromatic carbocycles. The molecule has 0 spiro atoms. The number of hydrogen-bond donors (Lipinski definition) is 1. The van der Waals surface area contributed by atoms with Crippen LogP contribution in [0.15, 0.2) is 30.7 Å². The van der Waals surface area contributed by atoms with Crippen LogP contribution >= 0.6 is 0 Å². The van der Waals surface area contributed by atoms with Gasteiger partial charge in [0.05, 0.1) is 23.6 Å². The molecule has 4 heterocycles. The van der Waals surface area contributed by atoms with E-state index in [-0.39, 0.29) is 17.9 Å². The molecule has 1 saturated carbocycles. The lowest BCUT2D eigenvalue weighted by Gasteiger charge is -2.25. The maximum absolute atomic E-state index is 11.7. The molecule has 2 aliphatic heterocycles. The van der Waals surface area contributed by atoms with Gasteiger partial charge >= 0.3 is 0 Å². The van der Waals surface area contributed by atoms with Crippen molar-refractivity contribution in [2.75, 3.05) is 19.8 Å². The smallest absolute Gasteiger partial charge is 0.220 e. The Kier molecular flexibility index (Phi) is 4.90. The summed E-state index contributed by atoms with van der Waals surface area (Å²) in [6.45, 7) is 4.28. The molecule has 1 amide bonds. The predicted octanol–water partition coefficient (Wildman–Crippen LogP) is 3.49. The first kappa shape index (κ1) is 19.8. The molecule has 3 fully saturated rings. The molecule has 2 atom stereocenters. The number of ether oxygens (including phenoxy) is 2. The van der Waals surface area contributed by atoms with E-state index in [1.807, 2.05) is 12.5 Å². The van der Waals surface area contributed by atoms with Gasteiger partial charge in [0.1, 0.15) is 17.4 Å². The van der Waals surface area contributed by atoms with Crippen molar-refractivity contribution >= 4 is 16.9 Å². The summed E-state index contributed by atoms with van der Waals surface area (Å²) in [5.74, 6) is 1.12. The number of benzene rings is 1. The summed E-state index contributed by atoms with van der Waals surface area (Å²) in [4.78, 5) is 16.5. The lowest BCUT2D eigenvalue weighted by atomic mass is 10.0. The zero-order valence-corrected chi connectivity index (χ0v) is 18.4. The molecule has 1 unspecified atom stereocenters. The van der Waals surface area contributed by atoms with Crippen molar-refractivity contribution in [2.45, 2.75) is 57.2 Å². The van der Waals surface area contributed by atoms with Crippen molar-refractivity contribution in [1.29, 1.82) is 0 Å². The highest BCUT2D eigenvalue weighted by atomic mass is 16.5. The fourth-order valence-electron chi connectivity index (χ4n) is 5.02. The number of amides is 1. The van der Waals surface area contributed by atoms with Crippen molar-refractivity contribution in [2.24, 2.45) is 5.92 Å².